The van der Waals surface area contributed by atoms with Gasteiger partial charge < -0.3 is 11.2 Å². The first-order valence-corrected chi connectivity index (χ1v) is 6.50. The van der Waals surface area contributed by atoms with Gasteiger partial charge in [-0.1, -0.05) is 18.2 Å². The molecule has 22 heavy (non-hydrogen) atoms. The molecule has 1 aromatic heterocycles. The number of hydrogen-bond acceptors (Lipinski definition) is 8. The van der Waals surface area contributed by atoms with Gasteiger partial charge in [-0.3, -0.25) is 10.6 Å². The van der Waals surface area contributed by atoms with Crippen LogP contribution >= 0.6 is 0 Å². The number of hydrazine groups is 2. The van der Waals surface area contributed by atoms with Crippen LogP contribution in [0.4, 0.5) is 17.5 Å². The standard InChI is InChI=1S/C14H15N7O/c15-14-17-12-6-3-9(7-11(12)13(18-14)19-16)8-1-4-10(5-2-8)20-21-22/h1-7,20-22H,16H2,(H3,15,17,18,19). The highest BCUT2D eigenvalue weighted by Gasteiger charge is 2.07. The van der Waals surface area contributed by atoms with Crippen LogP contribution in [0.3, 0.4) is 0 Å². The number of nitrogen functional groups attached to an aromatic ring is 2. The molecule has 2 aromatic carbocycles. The molecule has 8 N–H and O–H groups in total. The van der Waals surface area contributed by atoms with Crippen LogP contribution < -0.4 is 28.0 Å². The molecule has 0 saturated heterocycles. The van der Waals surface area contributed by atoms with E-state index in [0.717, 1.165) is 22.2 Å². The number of rotatable bonds is 4. The van der Waals surface area contributed by atoms with Gasteiger partial charge in [-0.2, -0.15) is 4.98 Å². The van der Waals surface area contributed by atoms with Crippen molar-refractivity contribution in [3.63, 3.8) is 0 Å². The molecule has 0 bridgehead atoms. The topological polar surface area (TPSA) is 134 Å². The predicted octanol–water partition coefficient (Wildman–Crippen LogP) is 1.47. The SMILES string of the molecule is NNc1nc(N)nc2ccc(-c3ccc(NNO)cc3)cc12. The van der Waals surface area contributed by atoms with E-state index in [1.54, 1.807) is 0 Å². The number of nitrogens with zero attached hydrogens (tertiary/aromatic N) is 2. The lowest BCUT2D eigenvalue weighted by molar-refractivity contribution is 0.193. The van der Waals surface area contributed by atoms with Gasteiger partial charge in [0.05, 0.1) is 11.2 Å². The summed E-state index contributed by atoms with van der Waals surface area (Å²) in [4.78, 5) is 8.26. The highest BCUT2D eigenvalue weighted by atomic mass is 16.5. The van der Waals surface area contributed by atoms with E-state index in [4.69, 9.17) is 16.8 Å². The maximum atomic E-state index is 8.60. The van der Waals surface area contributed by atoms with Crippen LogP contribution in [0, 0.1) is 0 Å². The summed E-state index contributed by atoms with van der Waals surface area (Å²) in [5.41, 5.74) is 16.1. The molecular weight excluding hydrogens is 282 g/mol. The minimum atomic E-state index is 0.167. The van der Waals surface area contributed by atoms with Crippen LogP contribution in [-0.4, -0.2) is 15.2 Å². The molecule has 0 fully saturated rings. The summed E-state index contributed by atoms with van der Waals surface area (Å²) in [5, 5.41) is 9.39. The van der Waals surface area contributed by atoms with E-state index in [1.807, 2.05) is 48.1 Å². The predicted molar refractivity (Wildman–Crippen MR) is 85.7 cm³/mol. The lowest BCUT2D eigenvalue weighted by Gasteiger charge is -2.09. The van der Waals surface area contributed by atoms with Crippen LogP contribution in [-0.2, 0) is 0 Å². The van der Waals surface area contributed by atoms with Gasteiger partial charge in [0.1, 0.15) is 0 Å². The number of fused-ring (bicyclic) bond motifs is 1. The molecule has 0 unspecified atom stereocenters. The largest absolute Gasteiger partial charge is 0.368 e. The van der Waals surface area contributed by atoms with Gasteiger partial charge in [0.2, 0.25) is 5.95 Å². The van der Waals surface area contributed by atoms with Crippen molar-refractivity contribution < 1.29 is 5.21 Å². The lowest BCUT2D eigenvalue weighted by atomic mass is 10.0. The molecule has 1 heterocycles. The van der Waals surface area contributed by atoms with E-state index in [1.165, 1.54) is 0 Å². The molecule has 3 aromatic rings. The fourth-order valence-electron chi connectivity index (χ4n) is 2.25. The minimum Gasteiger partial charge on any atom is -0.368 e. The zero-order chi connectivity index (χ0) is 15.5. The van der Waals surface area contributed by atoms with Gasteiger partial charge in [0, 0.05) is 5.39 Å². The third-order valence-electron chi connectivity index (χ3n) is 3.27. The molecule has 8 nitrogen and oxygen atoms in total. The number of anilines is 3. The van der Waals surface area contributed by atoms with E-state index < -0.39 is 0 Å². The van der Waals surface area contributed by atoms with E-state index in [9.17, 15) is 0 Å². The van der Waals surface area contributed by atoms with Crippen LogP contribution in [0.25, 0.3) is 22.0 Å². The highest BCUT2D eigenvalue weighted by molar-refractivity contribution is 5.93. The van der Waals surface area contributed by atoms with E-state index in [2.05, 4.69) is 20.8 Å². The number of nitrogens with two attached hydrogens (primary N) is 2. The van der Waals surface area contributed by atoms with Gasteiger partial charge in [0.15, 0.2) is 5.82 Å². The molecule has 0 saturated carbocycles. The average molecular weight is 297 g/mol. The summed E-state index contributed by atoms with van der Waals surface area (Å²) in [6.07, 6.45) is 0. The first kappa shape index (κ1) is 14.0. The average Bonchev–Trinajstić information content (AvgIpc) is 2.54. The van der Waals surface area contributed by atoms with Crippen molar-refractivity contribution in [3.8, 4) is 11.1 Å². The van der Waals surface area contributed by atoms with E-state index in [-0.39, 0.29) is 5.95 Å². The van der Waals surface area contributed by atoms with E-state index >= 15 is 0 Å². The molecule has 0 spiro atoms. The first-order valence-electron chi connectivity index (χ1n) is 6.50. The fourth-order valence-corrected chi connectivity index (χ4v) is 2.25. The maximum Gasteiger partial charge on any atom is 0.222 e. The second-order valence-corrected chi connectivity index (χ2v) is 4.62. The van der Waals surface area contributed by atoms with Crippen LogP contribution in [0.5, 0.6) is 0 Å². The Morgan fingerprint density at radius 2 is 1.68 bits per heavy atom. The molecule has 0 aliphatic rings. The molecule has 0 aliphatic carbocycles. The van der Waals surface area contributed by atoms with Gasteiger partial charge in [-0.25, -0.2) is 10.8 Å². The Balaban J connectivity index is 2.06. The Kier molecular flexibility index (Phi) is 3.71. The maximum absolute atomic E-state index is 8.60. The van der Waals surface area contributed by atoms with Crippen LogP contribution in [0.2, 0.25) is 0 Å². The van der Waals surface area contributed by atoms with Gasteiger partial charge in [0.25, 0.3) is 0 Å². The molecule has 8 heteroatoms. The number of hydrogen-bond donors (Lipinski definition) is 6. The molecule has 112 valence electrons. The normalized spacial score (nSPS) is 10.6. The monoisotopic (exact) mass is 297 g/mol. The molecule has 3 rings (SSSR count). The van der Waals surface area contributed by atoms with Crippen molar-refractivity contribution in [2.75, 3.05) is 16.6 Å². The quantitative estimate of drug-likeness (QED) is 0.315. The Morgan fingerprint density at radius 1 is 0.955 bits per heavy atom. The second kappa shape index (κ2) is 5.82. The van der Waals surface area contributed by atoms with Gasteiger partial charge in [-0.15, -0.1) is 5.59 Å². The molecule has 0 radical (unpaired) electrons. The molecule has 0 amide bonds. The van der Waals surface area contributed by atoms with Crippen molar-refractivity contribution in [1.29, 1.82) is 0 Å². The molecule has 0 atom stereocenters. The number of nitrogens with one attached hydrogen (secondary N) is 3. The third-order valence-corrected chi connectivity index (χ3v) is 3.27. The summed E-state index contributed by atoms with van der Waals surface area (Å²) in [6.45, 7) is 0. The Morgan fingerprint density at radius 3 is 2.36 bits per heavy atom. The first-order chi connectivity index (χ1) is 10.7. The van der Waals surface area contributed by atoms with Gasteiger partial charge in [-0.05, 0) is 35.4 Å². The molecule has 0 aliphatic heterocycles. The van der Waals surface area contributed by atoms with Crippen LogP contribution in [0.1, 0.15) is 0 Å². The van der Waals surface area contributed by atoms with E-state index in [0.29, 0.717) is 11.3 Å². The van der Waals surface area contributed by atoms with Crippen molar-refractivity contribution in [2.24, 2.45) is 5.84 Å². The summed E-state index contributed by atoms with van der Waals surface area (Å²) in [5.74, 6) is 6.14. The summed E-state index contributed by atoms with van der Waals surface area (Å²) in [7, 11) is 0. The Bertz CT molecular complexity index is 804. The highest BCUT2D eigenvalue weighted by Crippen LogP contribution is 2.28. The summed E-state index contributed by atoms with van der Waals surface area (Å²) in [6, 6.07) is 13.3. The zero-order valence-electron chi connectivity index (χ0n) is 11.5. The lowest BCUT2D eigenvalue weighted by Crippen LogP contribution is -2.15. The van der Waals surface area contributed by atoms with Crippen molar-refractivity contribution in [2.45, 2.75) is 0 Å². The minimum absolute atomic E-state index is 0.167. The van der Waals surface area contributed by atoms with Gasteiger partial charge >= 0.3 is 0 Å². The third kappa shape index (κ3) is 2.61. The Labute approximate surface area is 126 Å². The fraction of sp³-hybridized carbons (Fsp3) is 0. The summed E-state index contributed by atoms with van der Waals surface area (Å²) >= 11 is 0. The number of aromatic nitrogens is 2. The zero-order valence-corrected chi connectivity index (χ0v) is 11.5. The number of benzene rings is 2. The molecular formula is C14H15N7O. The van der Waals surface area contributed by atoms with Crippen molar-refractivity contribution >= 4 is 28.4 Å². The second-order valence-electron chi connectivity index (χ2n) is 4.62. The van der Waals surface area contributed by atoms with Crippen LogP contribution in [0.15, 0.2) is 42.5 Å². The smallest absolute Gasteiger partial charge is 0.222 e. The Hall–Kier alpha value is -2.94. The van der Waals surface area contributed by atoms with Crippen molar-refractivity contribution in [1.82, 2.24) is 15.6 Å². The summed E-state index contributed by atoms with van der Waals surface area (Å²) < 4.78 is 0. The van der Waals surface area contributed by atoms with Crippen molar-refractivity contribution in [3.05, 3.63) is 42.5 Å².